The quantitative estimate of drug-likeness (QED) is 0.260. The lowest BCUT2D eigenvalue weighted by Gasteiger charge is -2.40. The van der Waals surface area contributed by atoms with E-state index in [1.54, 1.807) is 11.4 Å². The van der Waals surface area contributed by atoms with Crippen molar-refractivity contribution in [3.05, 3.63) is 45.3 Å². The van der Waals surface area contributed by atoms with Crippen LogP contribution in [0.5, 0.6) is 0 Å². The Kier molecular flexibility index (Phi) is 8.55. The summed E-state index contributed by atoms with van der Waals surface area (Å²) in [6.45, 7) is 19.0. The molecule has 0 spiro atoms. The van der Waals surface area contributed by atoms with Crippen LogP contribution in [0.15, 0.2) is 34.0 Å². The van der Waals surface area contributed by atoms with Gasteiger partial charge in [0.15, 0.2) is 14.5 Å². The first-order valence-electron chi connectivity index (χ1n) is 13.1. The molecule has 0 aromatic carbocycles. The molecule has 9 nitrogen and oxygen atoms in total. The van der Waals surface area contributed by atoms with Crippen LogP contribution in [0.1, 0.15) is 60.1 Å². The molecule has 4 rings (SSSR count). The van der Waals surface area contributed by atoms with Gasteiger partial charge in [-0.25, -0.2) is 4.79 Å². The second-order valence-electron chi connectivity index (χ2n) is 12.5. The summed E-state index contributed by atoms with van der Waals surface area (Å²) in [4.78, 5) is 26.3. The molecular formula is C25H41N2O7PS2Si. The summed E-state index contributed by atoms with van der Waals surface area (Å²) in [7, 11) is -2.34. The van der Waals surface area contributed by atoms with Crippen LogP contribution in [0.3, 0.4) is 0 Å². The van der Waals surface area contributed by atoms with Crippen LogP contribution in [-0.2, 0) is 30.0 Å². The SMILES string of the molecule is C=C(C)[C@@H]1CC[C@]2(C)SP(=S)(OC[C@H]3O[C@@H](n4ccc(=O)[nH]c4=O)[C@H](O)[C@@H]3O[Si](C)(C)C(C)(C)C)O[C@H]2C1. The summed E-state index contributed by atoms with van der Waals surface area (Å²) in [5, 5.41) is 11.2. The average Bonchev–Trinajstić information content (AvgIpc) is 3.23. The van der Waals surface area contributed by atoms with Crippen molar-refractivity contribution in [2.24, 2.45) is 5.92 Å². The number of hydrogen-bond acceptors (Lipinski definition) is 9. The molecule has 2 N–H and O–H groups in total. The lowest BCUT2D eigenvalue weighted by molar-refractivity contribution is -0.0517. The molecule has 0 radical (unpaired) electrons. The van der Waals surface area contributed by atoms with Crippen molar-refractivity contribution in [1.82, 2.24) is 9.55 Å². The van der Waals surface area contributed by atoms with E-state index in [1.807, 2.05) is 0 Å². The normalized spacial score (nSPS) is 37.8. The number of allylic oxidation sites excluding steroid dienone is 1. The third-order valence-electron chi connectivity index (χ3n) is 8.51. The van der Waals surface area contributed by atoms with E-state index in [1.165, 1.54) is 22.4 Å². The molecule has 3 heterocycles. The van der Waals surface area contributed by atoms with Gasteiger partial charge in [-0.2, -0.15) is 0 Å². The zero-order valence-corrected chi connectivity index (χ0v) is 26.8. The molecule has 0 bridgehead atoms. The molecule has 1 unspecified atom stereocenters. The number of aromatic amines is 1. The van der Waals surface area contributed by atoms with E-state index in [9.17, 15) is 14.7 Å². The van der Waals surface area contributed by atoms with Gasteiger partial charge in [0.2, 0.25) is 5.69 Å². The number of nitrogens with zero attached hydrogens (tertiary/aromatic N) is 1. The molecule has 1 saturated carbocycles. The van der Waals surface area contributed by atoms with Gasteiger partial charge in [0.05, 0.1) is 12.7 Å². The Balaban J connectivity index is 1.55. The van der Waals surface area contributed by atoms with Gasteiger partial charge in [-0.3, -0.25) is 14.3 Å². The number of aromatic nitrogens is 2. The third kappa shape index (κ3) is 6.04. The minimum absolute atomic E-state index is 0.00406. The minimum Gasteiger partial charge on any atom is -0.408 e. The van der Waals surface area contributed by atoms with Gasteiger partial charge in [-0.15, -0.1) is 0 Å². The predicted molar refractivity (Wildman–Crippen MR) is 157 cm³/mol. The van der Waals surface area contributed by atoms with Gasteiger partial charge in [-0.05, 0) is 69.0 Å². The Morgan fingerprint density at radius 1 is 1.42 bits per heavy atom. The van der Waals surface area contributed by atoms with Crippen molar-refractivity contribution in [1.29, 1.82) is 0 Å². The smallest absolute Gasteiger partial charge is 0.330 e. The maximum Gasteiger partial charge on any atom is 0.330 e. The van der Waals surface area contributed by atoms with E-state index < -0.39 is 49.8 Å². The first-order chi connectivity index (χ1) is 17.4. The van der Waals surface area contributed by atoms with Crippen molar-refractivity contribution in [3.63, 3.8) is 0 Å². The number of H-pyrrole nitrogens is 1. The maximum absolute atomic E-state index is 12.5. The van der Waals surface area contributed by atoms with Crippen molar-refractivity contribution >= 4 is 37.2 Å². The molecule has 3 aliphatic rings. The van der Waals surface area contributed by atoms with Crippen molar-refractivity contribution in [2.45, 2.75) is 107 Å². The number of rotatable bonds is 7. The Bertz CT molecular complexity index is 1230. The molecular weight excluding hydrogens is 563 g/mol. The second kappa shape index (κ2) is 10.7. The molecule has 1 aliphatic carbocycles. The van der Waals surface area contributed by atoms with Crippen LogP contribution in [-0.4, -0.2) is 58.7 Å². The standard InChI is InChI=1S/C25H41N2O7PS2Si/c1-15(2)16-9-11-25(6)18(13-16)33-35(36,37-25)31-14-17-21(34-38(7,8)24(3,4)5)20(29)22(32-17)27-12-10-19(28)26-23(27)30/h10,12,16-18,20-22,29H,1,9,11,13-14H2,2-8H3,(H,26,28,30)/t16-,17-,18+,20-,21-,22-,25+,35?/m1/s1. The number of ether oxygens (including phenoxy) is 1. The Labute approximate surface area is 234 Å². The van der Waals surface area contributed by atoms with Crippen molar-refractivity contribution in [3.8, 4) is 0 Å². The molecule has 38 heavy (non-hydrogen) atoms. The minimum atomic E-state index is -2.69. The number of nitrogens with one attached hydrogen (secondary N) is 1. The Morgan fingerprint density at radius 3 is 2.71 bits per heavy atom. The second-order valence-corrected chi connectivity index (χ2v) is 23.8. The number of fused-ring (bicyclic) bond motifs is 1. The largest absolute Gasteiger partial charge is 0.408 e. The van der Waals surface area contributed by atoms with Crippen LogP contribution in [0.4, 0.5) is 0 Å². The summed E-state index contributed by atoms with van der Waals surface area (Å²) in [6, 6.07) is 1.22. The van der Waals surface area contributed by atoms with Crippen LogP contribution >= 0.6 is 17.1 Å². The van der Waals surface area contributed by atoms with Gasteiger partial charge in [-0.1, -0.05) is 44.3 Å². The van der Waals surface area contributed by atoms with Gasteiger partial charge < -0.3 is 23.3 Å². The van der Waals surface area contributed by atoms with E-state index in [-0.39, 0.29) is 22.5 Å². The molecule has 13 heteroatoms. The van der Waals surface area contributed by atoms with E-state index in [4.69, 9.17) is 30.0 Å². The third-order valence-corrected chi connectivity index (χ3v) is 18.8. The molecule has 3 fully saturated rings. The summed E-state index contributed by atoms with van der Waals surface area (Å²) >= 11 is 7.57. The van der Waals surface area contributed by atoms with Gasteiger partial charge in [0.1, 0.15) is 18.3 Å². The van der Waals surface area contributed by atoms with Crippen LogP contribution in [0.25, 0.3) is 0 Å². The maximum atomic E-state index is 12.5. The fraction of sp³-hybridized carbons (Fsp3) is 0.760. The highest BCUT2D eigenvalue weighted by Crippen LogP contribution is 2.75. The number of aliphatic hydroxyl groups is 1. The predicted octanol–water partition coefficient (Wildman–Crippen LogP) is 4.69. The number of aliphatic hydroxyl groups excluding tert-OH is 1. The fourth-order valence-electron chi connectivity index (χ4n) is 4.98. The zero-order valence-electron chi connectivity index (χ0n) is 23.3. The monoisotopic (exact) mass is 604 g/mol. The van der Waals surface area contributed by atoms with E-state index in [2.05, 4.69) is 59.3 Å². The molecule has 1 aromatic rings. The average molecular weight is 605 g/mol. The Morgan fingerprint density at radius 2 is 2.11 bits per heavy atom. The molecule has 2 saturated heterocycles. The highest BCUT2D eigenvalue weighted by Gasteiger charge is 2.55. The molecule has 0 amide bonds. The van der Waals surface area contributed by atoms with Crippen LogP contribution < -0.4 is 11.2 Å². The molecule has 8 atom stereocenters. The number of hydrogen-bond donors (Lipinski definition) is 2. The summed E-state index contributed by atoms with van der Waals surface area (Å²) < 4.78 is 26.7. The lowest BCUT2D eigenvalue weighted by atomic mass is 9.77. The van der Waals surface area contributed by atoms with Crippen molar-refractivity contribution in [2.75, 3.05) is 6.61 Å². The fourth-order valence-corrected chi connectivity index (χ4v) is 13.4. The topological polar surface area (TPSA) is 112 Å². The molecule has 2 aliphatic heterocycles. The first kappa shape index (κ1) is 30.4. The highest BCUT2D eigenvalue weighted by atomic mass is 32.9. The molecule has 1 aromatic heterocycles. The summed E-state index contributed by atoms with van der Waals surface area (Å²) in [5.41, 5.74) is -2.71. The Hall–Kier alpha value is -0.563. The van der Waals surface area contributed by atoms with E-state index >= 15 is 0 Å². The van der Waals surface area contributed by atoms with E-state index in [0.717, 1.165) is 19.3 Å². The van der Waals surface area contributed by atoms with Gasteiger partial charge in [0.25, 0.3) is 5.56 Å². The van der Waals surface area contributed by atoms with Crippen LogP contribution in [0.2, 0.25) is 18.1 Å². The zero-order chi connectivity index (χ0) is 28.3. The summed E-state index contributed by atoms with van der Waals surface area (Å²) in [5.74, 6) is 0.419. The van der Waals surface area contributed by atoms with Gasteiger partial charge in [0, 0.05) is 17.0 Å². The summed E-state index contributed by atoms with van der Waals surface area (Å²) in [6.07, 6.45) is 0.597. The van der Waals surface area contributed by atoms with E-state index in [0.29, 0.717) is 5.92 Å². The van der Waals surface area contributed by atoms with Gasteiger partial charge >= 0.3 is 5.69 Å². The highest BCUT2D eigenvalue weighted by molar-refractivity contribution is 8.68. The lowest BCUT2D eigenvalue weighted by Crippen LogP contribution is -2.50. The first-order valence-corrected chi connectivity index (χ1v) is 20.0. The van der Waals surface area contributed by atoms with Crippen molar-refractivity contribution < 1.29 is 23.3 Å². The van der Waals surface area contributed by atoms with Crippen LogP contribution in [0, 0.1) is 5.92 Å². The molecule has 214 valence electrons.